The van der Waals surface area contributed by atoms with Gasteiger partial charge < -0.3 is 16.0 Å². The number of hydrogen-bond acceptors (Lipinski definition) is 3. The van der Waals surface area contributed by atoms with Crippen molar-refractivity contribution in [2.75, 3.05) is 13.1 Å². The number of halogens is 1. The third-order valence-electron chi connectivity index (χ3n) is 7.29. The van der Waals surface area contributed by atoms with Crippen LogP contribution in [0.1, 0.15) is 69.3 Å². The Morgan fingerprint density at radius 2 is 1.63 bits per heavy atom. The van der Waals surface area contributed by atoms with Crippen molar-refractivity contribution in [3.8, 4) is 0 Å². The molecule has 1 aliphatic heterocycles. The third-order valence-corrected chi connectivity index (χ3v) is 7.29. The molecular weight excluding hydrogens is 398 g/mol. The molecule has 2 amide bonds. The van der Waals surface area contributed by atoms with E-state index in [2.05, 4.69) is 17.4 Å². The lowest BCUT2D eigenvalue weighted by Gasteiger charge is -2.31. The van der Waals surface area contributed by atoms with E-state index in [1.165, 1.54) is 31.2 Å². The van der Waals surface area contributed by atoms with Crippen LogP contribution < -0.4 is 11.1 Å². The number of carbonyl (C=O) groups excluding carboxylic acids is 2. The molecule has 1 heterocycles. The van der Waals surface area contributed by atoms with E-state index in [0.29, 0.717) is 18.9 Å². The van der Waals surface area contributed by atoms with Crippen LogP contribution >= 0.6 is 12.4 Å². The van der Waals surface area contributed by atoms with Crippen LogP contribution in [0.25, 0.3) is 0 Å². The van der Waals surface area contributed by atoms with Crippen LogP contribution in [0.5, 0.6) is 0 Å². The number of amides is 2. The molecule has 0 aromatic heterocycles. The summed E-state index contributed by atoms with van der Waals surface area (Å²) >= 11 is 0. The van der Waals surface area contributed by atoms with E-state index in [9.17, 15) is 9.59 Å². The molecule has 1 saturated heterocycles. The van der Waals surface area contributed by atoms with E-state index in [1.807, 2.05) is 23.1 Å². The zero-order valence-electron chi connectivity index (χ0n) is 17.8. The molecule has 2 saturated carbocycles. The van der Waals surface area contributed by atoms with Crippen molar-refractivity contribution in [2.45, 2.75) is 75.8 Å². The fraction of sp³-hybridized carbons (Fsp3) is 0.667. The van der Waals surface area contributed by atoms with Crippen LogP contribution in [-0.4, -0.2) is 41.9 Å². The number of nitrogens with two attached hydrogens (primary N) is 1. The maximum Gasteiger partial charge on any atom is 0.225 e. The highest BCUT2D eigenvalue weighted by Gasteiger charge is 2.37. The van der Waals surface area contributed by atoms with Crippen molar-refractivity contribution >= 4 is 24.2 Å². The Morgan fingerprint density at radius 1 is 0.967 bits per heavy atom. The molecule has 3 aliphatic rings. The van der Waals surface area contributed by atoms with E-state index in [4.69, 9.17) is 5.73 Å². The molecule has 0 spiro atoms. The van der Waals surface area contributed by atoms with Crippen molar-refractivity contribution in [2.24, 2.45) is 17.6 Å². The van der Waals surface area contributed by atoms with Crippen molar-refractivity contribution in [1.82, 2.24) is 10.2 Å². The summed E-state index contributed by atoms with van der Waals surface area (Å²) in [5.41, 5.74) is 7.60. The Kier molecular flexibility index (Phi) is 8.18. The van der Waals surface area contributed by atoms with Gasteiger partial charge in [-0.25, -0.2) is 0 Å². The summed E-state index contributed by atoms with van der Waals surface area (Å²) in [6.45, 7) is 1.37. The first-order chi connectivity index (χ1) is 14.1. The van der Waals surface area contributed by atoms with Crippen LogP contribution in [0.2, 0.25) is 0 Å². The summed E-state index contributed by atoms with van der Waals surface area (Å²) in [6, 6.07) is 10.6. The second kappa shape index (κ2) is 10.6. The van der Waals surface area contributed by atoms with Crippen LogP contribution in [0.15, 0.2) is 30.3 Å². The highest BCUT2D eigenvalue weighted by atomic mass is 35.5. The summed E-state index contributed by atoms with van der Waals surface area (Å²) < 4.78 is 0. The Bertz CT molecular complexity index is 700. The van der Waals surface area contributed by atoms with E-state index >= 15 is 0 Å². The molecule has 0 unspecified atom stereocenters. The number of nitrogens with zero attached hydrogens (tertiary/aromatic N) is 1. The standard InChI is InChI=1S/C24H35N3O2.ClH/c25-22-16-27(15-21(22)18-8-2-1-3-9-18)24(29)19-10-12-20(13-11-19)26-23(28)14-17-6-4-5-7-17;/h1-3,8-9,17,19-22H,4-7,10-16,25H2,(H,26,28);1H/t19?,20?,21-,22+;/m0./s1. The molecule has 2 atom stereocenters. The van der Waals surface area contributed by atoms with Gasteiger partial charge in [0, 0.05) is 43.4 Å². The van der Waals surface area contributed by atoms with Crippen molar-refractivity contribution in [3.63, 3.8) is 0 Å². The molecule has 166 valence electrons. The predicted octanol–water partition coefficient (Wildman–Crippen LogP) is 3.62. The van der Waals surface area contributed by atoms with Gasteiger partial charge in [0.1, 0.15) is 0 Å². The van der Waals surface area contributed by atoms with E-state index in [0.717, 1.165) is 32.2 Å². The minimum atomic E-state index is 0. The maximum absolute atomic E-state index is 13.1. The molecule has 4 rings (SSSR count). The molecule has 0 radical (unpaired) electrons. The fourth-order valence-electron chi connectivity index (χ4n) is 5.57. The van der Waals surface area contributed by atoms with E-state index in [1.54, 1.807) is 0 Å². The van der Waals surface area contributed by atoms with Crippen LogP contribution in [0, 0.1) is 11.8 Å². The highest BCUT2D eigenvalue weighted by molar-refractivity contribution is 5.85. The van der Waals surface area contributed by atoms with Gasteiger partial charge in [0.15, 0.2) is 0 Å². The van der Waals surface area contributed by atoms with E-state index in [-0.39, 0.29) is 48.1 Å². The third kappa shape index (κ3) is 5.55. The zero-order valence-corrected chi connectivity index (χ0v) is 18.6. The number of nitrogens with one attached hydrogen (secondary N) is 1. The van der Waals surface area contributed by atoms with Gasteiger partial charge in [0.05, 0.1) is 0 Å². The first kappa shape index (κ1) is 23.1. The monoisotopic (exact) mass is 433 g/mol. The molecular formula is C24H36ClN3O2. The number of hydrogen-bond donors (Lipinski definition) is 2. The molecule has 3 fully saturated rings. The second-order valence-corrected chi connectivity index (χ2v) is 9.39. The van der Waals surface area contributed by atoms with Gasteiger partial charge in [0.2, 0.25) is 11.8 Å². The van der Waals surface area contributed by atoms with Crippen molar-refractivity contribution < 1.29 is 9.59 Å². The topological polar surface area (TPSA) is 75.4 Å². The van der Waals surface area contributed by atoms with Gasteiger partial charge >= 0.3 is 0 Å². The summed E-state index contributed by atoms with van der Waals surface area (Å²) in [4.78, 5) is 27.3. The molecule has 5 nitrogen and oxygen atoms in total. The minimum Gasteiger partial charge on any atom is -0.353 e. The molecule has 1 aromatic carbocycles. The summed E-state index contributed by atoms with van der Waals surface area (Å²) in [6.07, 6.45) is 9.21. The summed E-state index contributed by atoms with van der Waals surface area (Å²) in [7, 11) is 0. The molecule has 1 aromatic rings. The first-order valence-corrected chi connectivity index (χ1v) is 11.5. The lowest BCUT2D eigenvalue weighted by Crippen LogP contribution is -2.42. The fourth-order valence-corrected chi connectivity index (χ4v) is 5.57. The normalized spacial score (nSPS) is 29.4. The Labute approximate surface area is 186 Å². The number of carbonyl (C=O) groups is 2. The van der Waals surface area contributed by atoms with Crippen molar-refractivity contribution in [3.05, 3.63) is 35.9 Å². The SMILES string of the molecule is Cl.N[C@@H]1CN(C(=O)C2CCC(NC(=O)CC3CCCC3)CC2)C[C@H]1c1ccccc1. The lowest BCUT2D eigenvalue weighted by atomic mass is 9.85. The Balaban J connectivity index is 0.00000256. The molecule has 3 N–H and O–H groups in total. The van der Waals surface area contributed by atoms with Crippen molar-refractivity contribution in [1.29, 1.82) is 0 Å². The van der Waals surface area contributed by atoms with Gasteiger partial charge in [0.25, 0.3) is 0 Å². The van der Waals surface area contributed by atoms with Crippen LogP contribution in [0.4, 0.5) is 0 Å². The predicted molar refractivity (Wildman–Crippen MR) is 121 cm³/mol. The first-order valence-electron chi connectivity index (χ1n) is 11.5. The molecule has 2 aliphatic carbocycles. The average Bonchev–Trinajstić information content (AvgIpc) is 3.38. The maximum atomic E-state index is 13.1. The quantitative estimate of drug-likeness (QED) is 0.744. The second-order valence-electron chi connectivity index (χ2n) is 9.39. The molecule has 0 bridgehead atoms. The van der Waals surface area contributed by atoms with Crippen LogP contribution in [-0.2, 0) is 9.59 Å². The van der Waals surface area contributed by atoms with Gasteiger partial charge in [-0.3, -0.25) is 9.59 Å². The molecule has 6 heteroatoms. The number of benzene rings is 1. The number of rotatable bonds is 5. The Morgan fingerprint density at radius 3 is 2.30 bits per heavy atom. The molecule has 30 heavy (non-hydrogen) atoms. The van der Waals surface area contributed by atoms with Gasteiger partial charge in [-0.05, 0) is 50.0 Å². The lowest BCUT2D eigenvalue weighted by molar-refractivity contribution is -0.135. The summed E-state index contributed by atoms with van der Waals surface area (Å²) in [5, 5.41) is 3.23. The summed E-state index contributed by atoms with van der Waals surface area (Å²) in [5.74, 6) is 1.37. The van der Waals surface area contributed by atoms with Gasteiger partial charge in [-0.2, -0.15) is 0 Å². The minimum absolute atomic E-state index is 0. The van der Waals surface area contributed by atoms with Gasteiger partial charge in [-0.15, -0.1) is 12.4 Å². The van der Waals surface area contributed by atoms with Crippen LogP contribution in [0.3, 0.4) is 0 Å². The smallest absolute Gasteiger partial charge is 0.225 e. The number of likely N-dealkylation sites (tertiary alicyclic amines) is 1. The van der Waals surface area contributed by atoms with Gasteiger partial charge in [-0.1, -0.05) is 43.2 Å². The largest absolute Gasteiger partial charge is 0.353 e. The highest BCUT2D eigenvalue weighted by Crippen LogP contribution is 2.32. The zero-order chi connectivity index (χ0) is 20.2. The Hall–Kier alpha value is -1.59. The average molecular weight is 434 g/mol. The van der Waals surface area contributed by atoms with E-state index < -0.39 is 0 Å².